The quantitative estimate of drug-likeness (QED) is 0.555. The van der Waals surface area contributed by atoms with Gasteiger partial charge in [0, 0.05) is 6.20 Å². The first-order chi connectivity index (χ1) is 4.88. The predicted octanol–water partition coefficient (Wildman–Crippen LogP) is 0.112. The normalized spacial score (nSPS) is 10.4. The van der Waals surface area contributed by atoms with Crippen LogP contribution in [0, 0.1) is 6.33 Å². The van der Waals surface area contributed by atoms with Gasteiger partial charge in [-0.05, 0) is 12.1 Å². The van der Waals surface area contributed by atoms with E-state index in [9.17, 15) is 0 Å². The van der Waals surface area contributed by atoms with Gasteiger partial charge in [0.25, 0.3) is 0 Å². The van der Waals surface area contributed by atoms with Crippen molar-refractivity contribution in [1.82, 2.24) is 14.6 Å². The highest BCUT2D eigenvalue weighted by molar-refractivity contribution is 5.62. The topological polar surface area (TPSA) is 56.2 Å². The van der Waals surface area contributed by atoms with E-state index in [1.54, 1.807) is 16.8 Å². The lowest BCUT2D eigenvalue weighted by atomic mass is 10.4. The van der Waals surface area contributed by atoms with Crippen LogP contribution in [0.3, 0.4) is 0 Å². The van der Waals surface area contributed by atoms with E-state index in [4.69, 9.17) is 5.73 Å². The third kappa shape index (κ3) is 0.556. The largest absolute Gasteiger partial charge is 0.396 e. The number of nitrogens with zero attached hydrogens (tertiary/aromatic N) is 3. The molecule has 0 aromatic carbocycles. The number of rotatable bonds is 0. The zero-order valence-electron chi connectivity index (χ0n) is 5.15. The van der Waals surface area contributed by atoms with Crippen molar-refractivity contribution in [3.8, 4) is 0 Å². The summed E-state index contributed by atoms with van der Waals surface area (Å²) in [6.45, 7) is 0. The lowest BCUT2D eigenvalue weighted by molar-refractivity contribution is 0.957. The van der Waals surface area contributed by atoms with Gasteiger partial charge in [0.05, 0.1) is 5.69 Å². The summed E-state index contributed by atoms with van der Waals surface area (Å²) in [5, 5.41) is 3.78. The summed E-state index contributed by atoms with van der Waals surface area (Å²) >= 11 is 0. The fourth-order valence-electron chi connectivity index (χ4n) is 0.820. The van der Waals surface area contributed by atoms with Gasteiger partial charge in [-0.3, -0.25) is 0 Å². The van der Waals surface area contributed by atoms with Gasteiger partial charge in [-0.1, -0.05) is 0 Å². The first-order valence-corrected chi connectivity index (χ1v) is 2.85. The maximum Gasteiger partial charge on any atom is 0.221 e. The van der Waals surface area contributed by atoms with Gasteiger partial charge in [-0.25, -0.2) is 9.50 Å². The van der Waals surface area contributed by atoms with E-state index in [-0.39, 0.29) is 0 Å². The molecule has 0 atom stereocenters. The lowest BCUT2D eigenvalue weighted by Gasteiger charge is -1.92. The maximum atomic E-state index is 5.56. The summed E-state index contributed by atoms with van der Waals surface area (Å²) in [6.07, 6.45) is 4.23. The molecule has 0 amide bonds. The SMILES string of the molecule is Nc1cccn2n[c]nc12. The molecule has 4 heteroatoms. The highest BCUT2D eigenvalue weighted by atomic mass is 15.3. The molecular formula is C6H5N4. The van der Waals surface area contributed by atoms with Crippen LogP contribution in [0.4, 0.5) is 5.69 Å². The van der Waals surface area contributed by atoms with Crippen LogP contribution in [0.1, 0.15) is 0 Å². The van der Waals surface area contributed by atoms with E-state index in [1.165, 1.54) is 0 Å². The molecule has 2 aromatic heterocycles. The smallest absolute Gasteiger partial charge is 0.221 e. The molecule has 2 N–H and O–H groups in total. The Morgan fingerprint density at radius 2 is 2.50 bits per heavy atom. The molecule has 2 aromatic rings. The van der Waals surface area contributed by atoms with Crippen LogP contribution in [0.15, 0.2) is 18.3 Å². The molecule has 0 saturated heterocycles. The van der Waals surface area contributed by atoms with E-state index >= 15 is 0 Å². The minimum absolute atomic E-state index is 0.622. The minimum atomic E-state index is 0.622. The van der Waals surface area contributed by atoms with Crippen LogP contribution >= 0.6 is 0 Å². The summed E-state index contributed by atoms with van der Waals surface area (Å²) in [5.74, 6) is 0. The van der Waals surface area contributed by atoms with Crippen LogP contribution in [-0.4, -0.2) is 14.6 Å². The third-order valence-corrected chi connectivity index (χ3v) is 1.29. The summed E-state index contributed by atoms with van der Waals surface area (Å²) in [4.78, 5) is 3.82. The van der Waals surface area contributed by atoms with Crippen LogP contribution in [0.25, 0.3) is 5.65 Å². The molecule has 2 heterocycles. The van der Waals surface area contributed by atoms with E-state index < -0.39 is 0 Å². The average Bonchev–Trinajstić information content (AvgIpc) is 2.36. The standard InChI is InChI=1S/C6H5N4/c7-5-2-1-3-10-6(5)8-4-9-10/h1-3H,7H2. The molecular weight excluding hydrogens is 128 g/mol. The Kier molecular flexibility index (Phi) is 0.887. The number of pyridine rings is 1. The first kappa shape index (κ1) is 5.22. The summed E-state index contributed by atoms with van der Waals surface area (Å²) < 4.78 is 1.58. The first-order valence-electron chi connectivity index (χ1n) is 2.85. The van der Waals surface area contributed by atoms with Crippen LogP contribution in [0.5, 0.6) is 0 Å². The highest BCUT2D eigenvalue weighted by Crippen LogP contribution is 2.06. The van der Waals surface area contributed by atoms with Crippen LogP contribution in [-0.2, 0) is 0 Å². The second-order valence-corrected chi connectivity index (χ2v) is 1.94. The molecule has 0 saturated carbocycles. The number of fused-ring (bicyclic) bond motifs is 1. The van der Waals surface area contributed by atoms with E-state index in [0.29, 0.717) is 11.3 Å². The summed E-state index contributed by atoms with van der Waals surface area (Å²) in [6, 6.07) is 3.59. The number of anilines is 1. The van der Waals surface area contributed by atoms with Crippen molar-refractivity contribution in [3.63, 3.8) is 0 Å². The Morgan fingerprint density at radius 1 is 1.60 bits per heavy atom. The molecule has 0 unspecified atom stereocenters. The van der Waals surface area contributed by atoms with Gasteiger partial charge in [-0.15, -0.1) is 5.10 Å². The average molecular weight is 133 g/mol. The summed E-state index contributed by atoms with van der Waals surface area (Å²) in [7, 11) is 0. The summed E-state index contributed by atoms with van der Waals surface area (Å²) in [5.41, 5.74) is 6.83. The lowest BCUT2D eigenvalue weighted by Crippen LogP contribution is -1.91. The molecule has 4 nitrogen and oxygen atoms in total. The van der Waals surface area contributed by atoms with E-state index in [1.807, 2.05) is 6.07 Å². The molecule has 0 aliphatic rings. The molecule has 0 spiro atoms. The van der Waals surface area contributed by atoms with Crippen molar-refractivity contribution in [2.24, 2.45) is 0 Å². The number of nitrogen functional groups attached to an aromatic ring is 1. The van der Waals surface area contributed by atoms with Crippen molar-refractivity contribution >= 4 is 11.3 Å². The van der Waals surface area contributed by atoms with Gasteiger partial charge in [0.1, 0.15) is 0 Å². The molecule has 49 valence electrons. The molecule has 0 fully saturated rings. The predicted molar refractivity (Wildman–Crippen MR) is 36.2 cm³/mol. The third-order valence-electron chi connectivity index (χ3n) is 1.29. The number of hydrogen-bond donors (Lipinski definition) is 1. The van der Waals surface area contributed by atoms with E-state index in [2.05, 4.69) is 16.4 Å². The van der Waals surface area contributed by atoms with Crippen molar-refractivity contribution in [2.75, 3.05) is 5.73 Å². The minimum Gasteiger partial charge on any atom is -0.396 e. The molecule has 0 bridgehead atoms. The second-order valence-electron chi connectivity index (χ2n) is 1.94. The number of aromatic nitrogens is 3. The molecule has 10 heavy (non-hydrogen) atoms. The molecule has 1 radical (unpaired) electrons. The fourth-order valence-corrected chi connectivity index (χ4v) is 0.820. The zero-order valence-corrected chi connectivity index (χ0v) is 5.15. The Hall–Kier alpha value is -1.58. The van der Waals surface area contributed by atoms with Gasteiger partial charge in [0.2, 0.25) is 6.33 Å². The van der Waals surface area contributed by atoms with Crippen molar-refractivity contribution in [3.05, 3.63) is 24.7 Å². The van der Waals surface area contributed by atoms with Gasteiger partial charge >= 0.3 is 0 Å². The Labute approximate surface area is 57.3 Å². The Bertz CT molecular complexity index is 351. The Morgan fingerprint density at radius 3 is 3.30 bits per heavy atom. The number of nitrogens with two attached hydrogens (primary N) is 1. The maximum absolute atomic E-state index is 5.56. The fraction of sp³-hybridized carbons (Fsp3) is 0. The molecule has 0 aliphatic heterocycles. The highest BCUT2D eigenvalue weighted by Gasteiger charge is 1.96. The van der Waals surface area contributed by atoms with Crippen molar-refractivity contribution < 1.29 is 0 Å². The number of hydrogen-bond acceptors (Lipinski definition) is 3. The van der Waals surface area contributed by atoms with Gasteiger partial charge in [0.15, 0.2) is 5.65 Å². The van der Waals surface area contributed by atoms with E-state index in [0.717, 1.165) is 0 Å². The van der Waals surface area contributed by atoms with Crippen LogP contribution < -0.4 is 5.73 Å². The zero-order chi connectivity index (χ0) is 6.97. The van der Waals surface area contributed by atoms with Gasteiger partial charge < -0.3 is 5.73 Å². The molecule has 2 rings (SSSR count). The Balaban J connectivity index is 2.95. The van der Waals surface area contributed by atoms with Crippen LogP contribution in [0.2, 0.25) is 0 Å². The monoisotopic (exact) mass is 133 g/mol. The van der Waals surface area contributed by atoms with Gasteiger partial charge in [-0.2, -0.15) is 0 Å². The van der Waals surface area contributed by atoms with Crippen molar-refractivity contribution in [2.45, 2.75) is 0 Å². The van der Waals surface area contributed by atoms with Crippen molar-refractivity contribution in [1.29, 1.82) is 0 Å². The second kappa shape index (κ2) is 1.70. The molecule has 0 aliphatic carbocycles.